The van der Waals surface area contributed by atoms with Gasteiger partial charge >= 0.3 is 5.97 Å². The van der Waals surface area contributed by atoms with E-state index < -0.39 is 0 Å². The SMILES string of the molecule is CCOC(=O)CCCCCCCCCN. The minimum atomic E-state index is -0.0550. The molecule has 0 unspecified atom stereocenters. The molecule has 0 saturated carbocycles. The van der Waals surface area contributed by atoms with Crippen LogP contribution < -0.4 is 5.73 Å². The first-order valence-electron chi connectivity index (χ1n) is 6.17. The number of carbonyl (C=O) groups is 1. The van der Waals surface area contributed by atoms with E-state index in [1.807, 2.05) is 6.92 Å². The first-order chi connectivity index (χ1) is 7.31. The smallest absolute Gasteiger partial charge is 0.305 e. The number of esters is 1. The molecule has 0 aliphatic rings. The molecule has 2 N–H and O–H groups in total. The highest BCUT2D eigenvalue weighted by molar-refractivity contribution is 5.69. The van der Waals surface area contributed by atoms with Gasteiger partial charge in [0.05, 0.1) is 6.61 Å². The lowest BCUT2D eigenvalue weighted by Gasteiger charge is -2.02. The number of carbonyl (C=O) groups excluding carboxylic acids is 1. The second kappa shape index (κ2) is 11.5. The molecule has 0 aromatic carbocycles. The molecular weight excluding hydrogens is 190 g/mol. The largest absolute Gasteiger partial charge is 0.466 e. The lowest BCUT2D eigenvalue weighted by molar-refractivity contribution is -0.143. The molecule has 0 atom stereocenters. The molecule has 0 heterocycles. The lowest BCUT2D eigenvalue weighted by Crippen LogP contribution is -2.03. The van der Waals surface area contributed by atoms with Crippen molar-refractivity contribution < 1.29 is 9.53 Å². The van der Waals surface area contributed by atoms with Crippen molar-refractivity contribution >= 4 is 5.97 Å². The van der Waals surface area contributed by atoms with E-state index in [9.17, 15) is 4.79 Å². The second-order valence-electron chi connectivity index (χ2n) is 3.82. The quantitative estimate of drug-likeness (QED) is 0.450. The molecule has 0 radical (unpaired) electrons. The highest BCUT2D eigenvalue weighted by Crippen LogP contribution is 2.08. The van der Waals surface area contributed by atoms with Gasteiger partial charge in [-0.05, 0) is 26.3 Å². The highest BCUT2D eigenvalue weighted by atomic mass is 16.5. The van der Waals surface area contributed by atoms with Gasteiger partial charge < -0.3 is 10.5 Å². The number of hydrogen-bond donors (Lipinski definition) is 1. The van der Waals surface area contributed by atoms with E-state index in [1.54, 1.807) is 0 Å². The fourth-order valence-corrected chi connectivity index (χ4v) is 1.53. The zero-order valence-electron chi connectivity index (χ0n) is 9.96. The van der Waals surface area contributed by atoms with Gasteiger partial charge in [-0.3, -0.25) is 4.79 Å². The van der Waals surface area contributed by atoms with Crippen LogP contribution in [0, 0.1) is 0 Å². The molecule has 0 aromatic rings. The first kappa shape index (κ1) is 14.4. The van der Waals surface area contributed by atoms with Gasteiger partial charge in [0, 0.05) is 6.42 Å². The molecule has 0 spiro atoms. The third kappa shape index (κ3) is 11.4. The summed E-state index contributed by atoms with van der Waals surface area (Å²) < 4.78 is 4.85. The highest BCUT2D eigenvalue weighted by Gasteiger charge is 2.00. The zero-order valence-corrected chi connectivity index (χ0v) is 9.96. The van der Waals surface area contributed by atoms with E-state index in [0.29, 0.717) is 13.0 Å². The number of unbranched alkanes of at least 4 members (excludes halogenated alkanes) is 6. The molecule has 0 aliphatic heterocycles. The molecule has 3 nitrogen and oxygen atoms in total. The number of ether oxygens (including phenoxy) is 1. The van der Waals surface area contributed by atoms with Crippen LogP contribution in [0.25, 0.3) is 0 Å². The Hall–Kier alpha value is -0.570. The molecule has 15 heavy (non-hydrogen) atoms. The summed E-state index contributed by atoms with van der Waals surface area (Å²) in [7, 11) is 0. The molecule has 0 bridgehead atoms. The van der Waals surface area contributed by atoms with E-state index in [1.165, 1.54) is 25.7 Å². The maximum absolute atomic E-state index is 11.0. The third-order valence-electron chi connectivity index (χ3n) is 2.39. The molecule has 3 heteroatoms. The summed E-state index contributed by atoms with van der Waals surface area (Å²) in [6.07, 6.45) is 8.84. The van der Waals surface area contributed by atoms with Gasteiger partial charge in [-0.25, -0.2) is 0 Å². The van der Waals surface area contributed by atoms with Gasteiger partial charge in [-0.1, -0.05) is 32.1 Å². The van der Waals surface area contributed by atoms with Gasteiger partial charge in [0.2, 0.25) is 0 Å². The predicted octanol–water partition coefficient (Wildman–Crippen LogP) is 2.63. The van der Waals surface area contributed by atoms with Crippen LogP contribution in [0.2, 0.25) is 0 Å². The van der Waals surface area contributed by atoms with Gasteiger partial charge in [-0.2, -0.15) is 0 Å². The Kier molecular flexibility index (Phi) is 11.1. The standard InChI is InChI=1S/C12H25NO2/c1-2-15-12(14)10-8-6-4-3-5-7-9-11-13/h2-11,13H2,1H3. The van der Waals surface area contributed by atoms with E-state index in [2.05, 4.69) is 0 Å². The molecule has 90 valence electrons. The minimum absolute atomic E-state index is 0.0550. The predicted molar refractivity (Wildman–Crippen MR) is 62.6 cm³/mol. The Morgan fingerprint density at radius 2 is 1.53 bits per heavy atom. The molecular formula is C12H25NO2. The monoisotopic (exact) mass is 215 g/mol. The molecule has 0 rings (SSSR count). The Bertz CT molecular complexity index is 149. The Morgan fingerprint density at radius 1 is 1.00 bits per heavy atom. The van der Waals surface area contributed by atoms with Crippen LogP contribution in [-0.4, -0.2) is 19.1 Å². The average molecular weight is 215 g/mol. The van der Waals surface area contributed by atoms with Crippen molar-refractivity contribution in [1.29, 1.82) is 0 Å². The van der Waals surface area contributed by atoms with E-state index in [4.69, 9.17) is 10.5 Å². The summed E-state index contributed by atoms with van der Waals surface area (Å²) in [6, 6.07) is 0. The zero-order chi connectivity index (χ0) is 11.4. The first-order valence-corrected chi connectivity index (χ1v) is 6.17. The van der Waals surface area contributed by atoms with Gasteiger partial charge in [0.1, 0.15) is 0 Å². The Balaban J connectivity index is 3.01. The van der Waals surface area contributed by atoms with Gasteiger partial charge in [0.25, 0.3) is 0 Å². The molecule has 0 amide bonds. The Morgan fingerprint density at radius 3 is 2.07 bits per heavy atom. The van der Waals surface area contributed by atoms with Crippen LogP contribution in [0.3, 0.4) is 0 Å². The van der Waals surface area contributed by atoms with E-state index >= 15 is 0 Å². The molecule has 0 fully saturated rings. The van der Waals surface area contributed by atoms with Crippen molar-refractivity contribution in [3.63, 3.8) is 0 Å². The topological polar surface area (TPSA) is 52.3 Å². The van der Waals surface area contributed by atoms with Crippen molar-refractivity contribution in [3.05, 3.63) is 0 Å². The van der Waals surface area contributed by atoms with Crippen LogP contribution in [0.1, 0.15) is 58.3 Å². The van der Waals surface area contributed by atoms with Crippen molar-refractivity contribution in [3.8, 4) is 0 Å². The maximum Gasteiger partial charge on any atom is 0.305 e. The lowest BCUT2D eigenvalue weighted by atomic mass is 10.1. The summed E-state index contributed by atoms with van der Waals surface area (Å²) in [4.78, 5) is 11.0. The van der Waals surface area contributed by atoms with Crippen LogP contribution in [0.5, 0.6) is 0 Å². The fraction of sp³-hybridized carbons (Fsp3) is 0.917. The fourth-order valence-electron chi connectivity index (χ4n) is 1.53. The van der Waals surface area contributed by atoms with Crippen LogP contribution >= 0.6 is 0 Å². The number of nitrogens with two attached hydrogens (primary N) is 1. The minimum Gasteiger partial charge on any atom is -0.466 e. The molecule has 0 aromatic heterocycles. The summed E-state index contributed by atoms with van der Waals surface area (Å²) in [6.45, 7) is 3.15. The van der Waals surface area contributed by atoms with Crippen LogP contribution in [0.4, 0.5) is 0 Å². The van der Waals surface area contributed by atoms with E-state index in [-0.39, 0.29) is 5.97 Å². The summed E-state index contributed by atoms with van der Waals surface area (Å²) >= 11 is 0. The van der Waals surface area contributed by atoms with Crippen molar-refractivity contribution in [1.82, 2.24) is 0 Å². The van der Waals surface area contributed by atoms with Crippen LogP contribution in [0.15, 0.2) is 0 Å². The summed E-state index contributed by atoms with van der Waals surface area (Å²) in [5.41, 5.74) is 5.40. The molecule has 0 saturated heterocycles. The van der Waals surface area contributed by atoms with Crippen molar-refractivity contribution in [2.24, 2.45) is 5.73 Å². The van der Waals surface area contributed by atoms with Crippen molar-refractivity contribution in [2.75, 3.05) is 13.2 Å². The normalized spacial score (nSPS) is 10.3. The van der Waals surface area contributed by atoms with Crippen molar-refractivity contribution in [2.45, 2.75) is 58.3 Å². The van der Waals surface area contributed by atoms with Gasteiger partial charge in [0.15, 0.2) is 0 Å². The Labute approximate surface area is 93.4 Å². The van der Waals surface area contributed by atoms with E-state index in [0.717, 1.165) is 25.8 Å². The maximum atomic E-state index is 11.0. The number of hydrogen-bond acceptors (Lipinski definition) is 3. The molecule has 0 aliphatic carbocycles. The van der Waals surface area contributed by atoms with Gasteiger partial charge in [-0.15, -0.1) is 0 Å². The summed E-state index contributed by atoms with van der Waals surface area (Å²) in [5.74, 6) is -0.0550. The third-order valence-corrected chi connectivity index (χ3v) is 2.39. The second-order valence-corrected chi connectivity index (χ2v) is 3.82. The average Bonchev–Trinajstić information content (AvgIpc) is 2.22. The number of rotatable bonds is 10. The van der Waals surface area contributed by atoms with Crippen LogP contribution in [-0.2, 0) is 9.53 Å². The summed E-state index contributed by atoms with van der Waals surface area (Å²) in [5, 5.41) is 0.